The standard InChI is InChI=1S/C25H27N7/c1-4-30(5-2)23-18(3)15-32-24(23)25(26-17-28-32)29-21-11-12-22-20(13-21)14-27-31(22)16-19-9-7-6-8-10-19/h6-15,17H,4-5,16H2,1-3H3,(H,26,28,29). The van der Waals surface area contributed by atoms with Crippen molar-refractivity contribution in [3.05, 3.63) is 78.4 Å². The van der Waals surface area contributed by atoms with Crippen molar-refractivity contribution in [3.63, 3.8) is 0 Å². The van der Waals surface area contributed by atoms with E-state index in [1.54, 1.807) is 6.33 Å². The molecule has 7 heteroatoms. The summed E-state index contributed by atoms with van der Waals surface area (Å²) in [6, 6.07) is 16.7. The summed E-state index contributed by atoms with van der Waals surface area (Å²) < 4.78 is 3.95. The Balaban J connectivity index is 1.49. The third-order valence-electron chi connectivity index (χ3n) is 5.89. The zero-order valence-electron chi connectivity index (χ0n) is 18.7. The third-order valence-corrected chi connectivity index (χ3v) is 5.89. The minimum absolute atomic E-state index is 0.750. The van der Waals surface area contributed by atoms with Crippen LogP contribution in [0.3, 0.4) is 0 Å². The van der Waals surface area contributed by atoms with Gasteiger partial charge in [-0.3, -0.25) is 4.68 Å². The highest BCUT2D eigenvalue weighted by Gasteiger charge is 2.18. The van der Waals surface area contributed by atoms with Crippen molar-refractivity contribution < 1.29 is 0 Å². The van der Waals surface area contributed by atoms with E-state index >= 15 is 0 Å². The van der Waals surface area contributed by atoms with E-state index in [9.17, 15) is 0 Å². The molecule has 0 aliphatic carbocycles. The third kappa shape index (κ3) is 3.56. The molecule has 3 heterocycles. The van der Waals surface area contributed by atoms with Gasteiger partial charge in [0.05, 0.1) is 23.9 Å². The van der Waals surface area contributed by atoms with Gasteiger partial charge in [0.1, 0.15) is 11.8 Å². The summed E-state index contributed by atoms with van der Waals surface area (Å²) in [5.41, 5.74) is 6.67. The van der Waals surface area contributed by atoms with Crippen molar-refractivity contribution >= 4 is 33.6 Å². The maximum absolute atomic E-state index is 4.60. The van der Waals surface area contributed by atoms with Gasteiger partial charge in [0.15, 0.2) is 5.82 Å². The van der Waals surface area contributed by atoms with E-state index < -0.39 is 0 Å². The number of anilines is 3. The van der Waals surface area contributed by atoms with Gasteiger partial charge in [-0.15, -0.1) is 0 Å². The van der Waals surface area contributed by atoms with Crippen molar-refractivity contribution in [2.24, 2.45) is 0 Å². The number of aromatic nitrogens is 5. The quantitative estimate of drug-likeness (QED) is 0.396. The lowest BCUT2D eigenvalue weighted by molar-refractivity contribution is 0.712. The molecule has 0 amide bonds. The summed E-state index contributed by atoms with van der Waals surface area (Å²) in [6.07, 6.45) is 5.58. The second kappa shape index (κ2) is 8.34. The van der Waals surface area contributed by atoms with Crippen LogP contribution < -0.4 is 10.2 Å². The molecule has 0 aliphatic heterocycles. The Morgan fingerprint density at radius 1 is 1.00 bits per heavy atom. The highest BCUT2D eigenvalue weighted by molar-refractivity contribution is 5.90. The van der Waals surface area contributed by atoms with Crippen LogP contribution in [-0.4, -0.2) is 37.5 Å². The molecule has 1 N–H and O–H groups in total. The Morgan fingerprint density at radius 3 is 2.59 bits per heavy atom. The number of nitrogens with zero attached hydrogens (tertiary/aromatic N) is 6. The van der Waals surface area contributed by atoms with Crippen LogP contribution in [0.2, 0.25) is 0 Å². The molecule has 0 saturated heterocycles. The molecule has 0 fully saturated rings. The summed E-state index contributed by atoms with van der Waals surface area (Å²) in [5, 5.41) is 13.6. The lowest BCUT2D eigenvalue weighted by Gasteiger charge is -2.22. The predicted molar refractivity (Wildman–Crippen MR) is 130 cm³/mol. The average molecular weight is 426 g/mol. The summed E-state index contributed by atoms with van der Waals surface area (Å²) in [7, 11) is 0. The SMILES string of the molecule is CCN(CC)c1c(C)cn2ncnc(Nc3ccc4c(cnn4Cc4ccccc4)c3)c12. The number of rotatable bonds is 7. The molecule has 32 heavy (non-hydrogen) atoms. The van der Waals surface area contributed by atoms with Gasteiger partial charge in [0, 0.05) is 30.4 Å². The molecule has 2 aromatic carbocycles. The van der Waals surface area contributed by atoms with Crippen molar-refractivity contribution in [2.75, 3.05) is 23.3 Å². The van der Waals surface area contributed by atoms with Crippen LogP contribution >= 0.6 is 0 Å². The van der Waals surface area contributed by atoms with Gasteiger partial charge in [0.2, 0.25) is 0 Å². The van der Waals surface area contributed by atoms with E-state index in [1.807, 2.05) is 21.5 Å². The fraction of sp³-hybridized carbons (Fsp3) is 0.240. The molecule has 0 bridgehead atoms. The normalized spacial score (nSPS) is 11.3. The first-order valence-corrected chi connectivity index (χ1v) is 11.0. The van der Waals surface area contributed by atoms with Crippen LogP contribution in [0.5, 0.6) is 0 Å². The van der Waals surface area contributed by atoms with Crippen molar-refractivity contribution in [2.45, 2.75) is 27.3 Å². The average Bonchev–Trinajstić information content (AvgIpc) is 3.36. The monoisotopic (exact) mass is 425 g/mol. The Hall–Kier alpha value is -3.87. The lowest BCUT2D eigenvalue weighted by atomic mass is 10.2. The van der Waals surface area contributed by atoms with Gasteiger partial charge in [-0.1, -0.05) is 30.3 Å². The maximum Gasteiger partial charge on any atom is 0.160 e. The molecule has 0 saturated carbocycles. The van der Waals surface area contributed by atoms with Crippen LogP contribution in [0.4, 0.5) is 17.2 Å². The molecule has 7 nitrogen and oxygen atoms in total. The fourth-order valence-corrected chi connectivity index (χ4v) is 4.33. The molecule has 0 aliphatic rings. The predicted octanol–water partition coefficient (Wildman–Crippen LogP) is 5.03. The zero-order chi connectivity index (χ0) is 22.1. The maximum atomic E-state index is 4.60. The first kappa shape index (κ1) is 20.1. The van der Waals surface area contributed by atoms with Gasteiger partial charge in [0.25, 0.3) is 0 Å². The number of hydrogen-bond acceptors (Lipinski definition) is 5. The number of hydrogen-bond donors (Lipinski definition) is 1. The van der Waals surface area contributed by atoms with Crippen LogP contribution in [0, 0.1) is 6.92 Å². The summed E-state index contributed by atoms with van der Waals surface area (Å²) >= 11 is 0. The smallest absolute Gasteiger partial charge is 0.160 e. The van der Waals surface area contributed by atoms with Gasteiger partial charge >= 0.3 is 0 Å². The Labute approximate surface area is 187 Å². The van der Waals surface area contributed by atoms with E-state index in [2.05, 4.69) is 94.8 Å². The van der Waals surface area contributed by atoms with E-state index in [-0.39, 0.29) is 0 Å². The van der Waals surface area contributed by atoms with Gasteiger partial charge in [-0.25, -0.2) is 9.50 Å². The van der Waals surface area contributed by atoms with Crippen LogP contribution in [0.15, 0.2) is 67.3 Å². The van der Waals surface area contributed by atoms with Crippen LogP contribution in [-0.2, 0) is 6.54 Å². The molecule has 5 rings (SSSR count). The lowest BCUT2D eigenvalue weighted by Crippen LogP contribution is -2.22. The van der Waals surface area contributed by atoms with Gasteiger partial charge in [-0.2, -0.15) is 10.2 Å². The van der Waals surface area contributed by atoms with E-state index in [4.69, 9.17) is 0 Å². The molecule has 0 radical (unpaired) electrons. The van der Waals surface area contributed by atoms with Crippen LogP contribution in [0.1, 0.15) is 25.0 Å². The van der Waals surface area contributed by atoms with Gasteiger partial charge < -0.3 is 10.2 Å². The summed E-state index contributed by atoms with van der Waals surface area (Å²) in [6.45, 7) is 9.07. The molecular weight excluding hydrogens is 398 g/mol. The summed E-state index contributed by atoms with van der Waals surface area (Å²) in [4.78, 5) is 6.92. The zero-order valence-corrected chi connectivity index (χ0v) is 18.7. The molecule has 0 atom stereocenters. The molecule has 0 unspecified atom stereocenters. The van der Waals surface area contributed by atoms with Crippen molar-refractivity contribution in [1.29, 1.82) is 0 Å². The second-order valence-electron chi connectivity index (χ2n) is 7.92. The highest BCUT2D eigenvalue weighted by Crippen LogP contribution is 2.33. The summed E-state index contributed by atoms with van der Waals surface area (Å²) in [5.74, 6) is 0.797. The van der Waals surface area contributed by atoms with E-state index in [0.717, 1.165) is 47.6 Å². The molecule has 0 spiro atoms. The first-order valence-electron chi connectivity index (χ1n) is 11.0. The Bertz CT molecular complexity index is 1360. The number of aryl methyl sites for hydroxylation is 1. The van der Waals surface area contributed by atoms with E-state index in [1.165, 1.54) is 16.8 Å². The first-order chi connectivity index (χ1) is 15.7. The van der Waals surface area contributed by atoms with Crippen molar-refractivity contribution in [1.82, 2.24) is 24.4 Å². The minimum atomic E-state index is 0.750. The van der Waals surface area contributed by atoms with E-state index in [0.29, 0.717) is 0 Å². The topological polar surface area (TPSA) is 63.3 Å². The molecular formula is C25H27N7. The fourth-order valence-electron chi connectivity index (χ4n) is 4.33. The Morgan fingerprint density at radius 2 is 1.81 bits per heavy atom. The number of benzene rings is 2. The Kier molecular flexibility index (Phi) is 5.23. The number of fused-ring (bicyclic) bond motifs is 2. The largest absolute Gasteiger partial charge is 0.370 e. The number of nitrogens with one attached hydrogen (secondary N) is 1. The molecule has 3 aromatic heterocycles. The molecule has 5 aromatic rings. The van der Waals surface area contributed by atoms with Gasteiger partial charge in [-0.05, 0) is 50.1 Å². The van der Waals surface area contributed by atoms with Crippen molar-refractivity contribution in [3.8, 4) is 0 Å². The second-order valence-corrected chi connectivity index (χ2v) is 7.92. The minimum Gasteiger partial charge on any atom is -0.370 e. The van der Waals surface area contributed by atoms with Crippen LogP contribution in [0.25, 0.3) is 16.4 Å². The molecule has 162 valence electrons. The highest BCUT2D eigenvalue weighted by atomic mass is 15.3.